The third-order valence-electron chi connectivity index (χ3n) is 2.33. The molecular formula is C8H12ClNO2. The van der Waals surface area contributed by atoms with Crippen molar-refractivity contribution in [2.75, 3.05) is 0 Å². The Kier molecular flexibility index (Phi) is 4.05. The second-order valence-corrected chi connectivity index (χ2v) is 3.06. The zero-order valence-electron chi connectivity index (χ0n) is 6.75. The second kappa shape index (κ2) is 4.32. The molecule has 0 spiro atoms. The van der Waals surface area contributed by atoms with Crippen molar-refractivity contribution in [1.29, 1.82) is 5.26 Å². The summed E-state index contributed by atoms with van der Waals surface area (Å²) in [6.45, 7) is 0. The van der Waals surface area contributed by atoms with E-state index in [4.69, 9.17) is 10.4 Å². The predicted octanol–water partition coefficient (Wildman–Crippen LogP) is 1.97. The van der Waals surface area contributed by atoms with Crippen LogP contribution < -0.4 is 0 Å². The van der Waals surface area contributed by atoms with Gasteiger partial charge in [0.1, 0.15) is 0 Å². The highest BCUT2D eigenvalue weighted by molar-refractivity contribution is 5.85. The van der Waals surface area contributed by atoms with Gasteiger partial charge in [-0.25, -0.2) is 0 Å². The number of carbonyl (C=O) groups is 1. The van der Waals surface area contributed by atoms with E-state index in [2.05, 4.69) is 0 Å². The molecule has 0 atom stereocenters. The molecule has 3 nitrogen and oxygen atoms in total. The van der Waals surface area contributed by atoms with Crippen LogP contribution in [0.4, 0.5) is 0 Å². The van der Waals surface area contributed by atoms with Crippen LogP contribution in [0.1, 0.15) is 32.1 Å². The molecule has 1 aliphatic carbocycles. The smallest absolute Gasteiger partial charge is 0.324 e. The number of hydrogen-bond donors (Lipinski definition) is 1. The summed E-state index contributed by atoms with van der Waals surface area (Å²) in [6.07, 6.45) is 3.87. The molecule has 1 aliphatic rings. The van der Waals surface area contributed by atoms with Crippen LogP contribution in [0.25, 0.3) is 0 Å². The molecule has 0 saturated heterocycles. The minimum atomic E-state index is -1.06. The fourth-order valence-electron chi connectivity index (χ4n) is 1.53. The number of nitriles is 1. The van der Waals surface area contributed by atoms with Crippen LogP contribution in [0, 0.1) is 16.7 Å². The van der Waals surface area contributed by atoms with Crippen molar-refractivity contribution in [1.82, 2.24) is 0 Å². The Morgan fingerprint density at radius 1 is 1.33 bits per heavy atom. The molecule has 1 fully saturated rings. The van der Waals surface area contributed by atoms with E-state index in [-0.39, 0.29) is 12.4 Å². The molecule has 0 heterocycles. The maximum Gasteiger partial charge on any atom is 0.324 e. The van der Waals surface area contributed by atoms with Gasteiger partial charge in [-0.2, -0.15) is 5.26 Å². The van der Waals surface area contributed by atoms with Gasteiger partial charge in [0.05, 0.1) is 6.07 Å². The zero-order chi connectivity index (χ0) is 8.32. The standard InChI is InChI=1S/C8H11NO2.ClH/c9-6-8(7(10)11)4-2-1-3-5-8;/h1-5H2,(H,10,11);1H. The molecule has 1 saturated carbocycles. The minimum absolute atomic E-state index is 0. The quantitative estimate of drug-likeness (QED) is 0.686. The summed E-state index contributed by atoms with van der Waals surface area (Å²) >= 11 is 0. The largest absolute Gasteiger partial charge is 0.480 e. The van der Waals surface area contributed by atoms with Crippen molar-refractivity contribution in [3.63, 3.8) is 0 Å². The molecule has 0 bridgehead atoms. The van der Waals surface area contributed by atoms with Gasteiger partial charge < -0.3 is 5.11 Å². The van der Waals surface area contributed by atoms with E-state index >= 15 is 0 Å². The highest BCUT2D eigenvalue weighted by Crippen LogP contribution is 2.35. The van der Waals surface area contributed by atoms with E-state index in [1.807, 2.05) is 6.07 Å². The molecule has 1 rings (SSSR count). The van der Waals surface area contributed by atoms with Gasteiger partial charge in [0.25, 0.3) is 0 Å². The third kappa shape index (κ3) is 1.89. The van der Waals surface area contributed by atoms with Crippen LogP contribution in [0.15, 0.2) is 0 Å². The summed E-state index contributed by atoms with van der Waals surface area (Å²) in [7, 11) is 0. The molecule has 0 aromatic carbocycles. The summed E-state index contributed by atoms with van der Waals surface area (Å²) in [6, 6.07) is 1.92. The van der Waals surface area contributed by atoms with E-state index < -0.39 is 11.4 Å². The van der Waals surface area contributed by atoms with Crippen LogP contribution in [0.3, 0.4) is 0 Å². The molecule has 4 heteroatoms. The number of halogens is 1. The number of carboxylic acids is 1. The van der Waals surface area contributed by atoms with Crippen LogP contribution >= 0.6 is 12.4 Å². The topological polar surface area (TPSA) is 61.1 Å². The van der Waals surface area contributed by atoms with Gasteiger partial charge in [0, 0.05) is 0 Å². The van der Waals surface area contributed by atoms with Gasteiger partial charge in [0.2, 0.25) is 0 Å². The van der Waals surface area contributed by atoms with Crippen LogP contribution in [0.2, 0.25) is 0 Å². The Morgan fingerprint density at radius 2 is 1.83 bits per heavy atom. The molecule has 0 aromatic rings. The van der Waals surface area contributed by atoms with Crippen LogP contribution in [-0.4, -0.2) is 11.1 Å². The number of hydrogen-bond acceptors (Lipinski definition) is 2. The minimum Gasteiger partial charge on any atom is -0.480 e. The lowest BCUT2D eigenvalue weighted by Gasteiger charge is -2.25. The Bertz CT molecular complexity index is 204. The van der Waals surface area contributed by atoms with Crippen molar-refractivity contribution in [3.05, 3.63) is 0 Å². The SMILES string of the molecule is Cl.N#CC1(C(=O)O)CCCCC1. The summed E-state index contributed by atoms with van der Waals surface area (Å²) in [4.78, 5) is 10.7. The van der Waals surface area contributed by atoms with Crippen molar-refractivity contribution in [2.45, 2.75) is 32.1 Å². The molecule has 68 valence electrons. The van der Waals surface area contributed by atoms with Crippen LogP contribution in [0.5, 0.6) is 0 Å². The third-order valence-corrected chi connectivity index (χ3v) is 2.33. The normalized spacial score (nSPS) is 20.2. The molecule has 0 aliphatic heterocycles. The highest BCUT2D eigenvalue weighted by atomic mass is 35.5. The average Bonchev–Trinajstić information content (AvgIpc) is 2.05. The number of carboxylic acid groups (broad SMARTS) is 1. The van der Waals surface area contributed by atoms with E-state index in [9.17, 15) is 4.79 Å². The van der Waals surface area contributed by atoms with E-state index in [0.717, 1.165) is 19.3 Å². The molecule has 0 aromatic heterocycles. The maximum absolute atomic E-state index is 10.7. The lowest BCUT2D eigenvalue weighted by atomic mass is 9.75. The van der Waals surface area contributed by atoms with E-state index in [1.165, 1.54) is 0 Å². The van der Waals surface area contributed by atoms with Gasteiger partial charge in [-0.15, -0.1) is 12.4 Å². The summed E-state index contributed by atoms with van der Waals surface area (Å²) in [5, 5.41) is 17.4. The molecular weight excluding hydrogens is 178 g/mol. The highest BCUT2D eigenvalue weighted by Gasteiger charge is 2.39. The maximum atomic E-state index is 10.7. The van der Waals surface area contributed by atoms with E-state index in [1.54, 1.807) is 0 Å². The zero-order valence-corrected chi connectivity index (χ0v) is 7.56. The molecule has 0 amide bonds. The summed E-state index contributed by atoms with van der Waals surface area (Å²) in [5.41, 5.74) is -1.06. The first-order valence-corrected chi connectivity index (χ1v) is 3.86. The first kappa shape index (κ1) is 11.2. The Balaban J connectivity index is 0.00000121. The monoisotopic (exact) mass is 189 g/mol. The van der Waals surface area contributed by atoms with Crippen molar-refractivity contribution in [3.8, 4) is 6.07 Å². The van der Waals surface area contributed by atoms with Gasteiger partial charge >= 0.3 is 5.97 Å². The molecule has 12 heavy (non-hydrogen) atoms. The van der Waals surface area contributed by atoms with E-state index in [0.29, 0.717) is 12.8 Å². The molecule has 0 unspecified atom stereocenters. The first-order valence-electron chi connectivity index (χ1n) is 3.86. The lowest BCUT2D eigenvalue weighted by molar-refractivity contribution is -0.147. The van der Waals surface area contributed by atoms with Crippen molar-refractivity contribution >= 4 is 18.4 Å². The predicted molar refractivity (Wildman–Crippen MR) is 46.0 cm³/mol. The van der Waals surface area contributed by atoms with Crippen molar-refractivity contribution in [2.24, 2.45) is 5.41 Å². The molecule has 0 radical (unpaired) electrons. The Labute approximate surface area is 77.8 Å². The first-order chi connectivity index (χ1) is 5.21. The van der Waals surface area contributed by atoms with Gasteiger partial charge in [-0.3, -0.25) is 4.79 Å². The lowest BCUT2D eigenvalue weighted by Crippen LogP contribution is -2.31. The Hall–Kier alpha value is -0.750. The van der Waals surface area contributed by atoms with Crippen molar-refractivity contribution < 1.29 is 9.90 Å². The molecule has 1 N–H and O–H groups in total. The summed E-state index contributed by atoms with van der Waals surface area (Å²) in [5.74, 6) is -0.945. The number of nitrogens with zero attached hydrogens (tertiary/aromatic N) is 1. The average molecular weight is 190 g/mol. The Morgan fingerprint density at radius 3 is 2.08 bits per heavy atom. The summed E-state index contributed by atoms with van der Waals surface area (Å²) < 4.78 is 0. The second-order valence-electron chi connectivity index (χ2n) is 3.06. The van der Waals surface area contributed by atoms with Gasteiger partial charge in [0.15, 0.2) is 5.41 Å². The number of aliphatic carboxylic acids is 1. The fraction of sp³-hybridized carbons (Fsp3) is 0.750. The fourth-order valence-corrected chi connectivity index (χ4v) is 1.53. The number of rotatable bonds is 1. The van der Waals surface area contributed by atoms with Gasteiger partial charge in [-0.1, -0.05) is 19.3 Å². The van der Waals surface area contributed by atoms with Gasteiger partial charge in [-0.05, 0) is 12.8 Å². The van der Waals surface area contributed by atoms with Crippen LogP contribution in [-0.2, 0) is 4.79 Å².